The van der Waals surface area contributed by atoms with Crippen LogP contribution in [-0.2, 0) is 6.54 Å². The largest absolute Gasteiger partial charge is 0.459 e. The highest BCUT2D eigenvalue weighted by atomic mass is 127. The maximum Gasteiger partial charge on any atom is 0.191 e. The number of halogens is 1. The minimum atomic E-state index is 0. The second-order valence-electron chi connectivity index (χ2n) is 7.22. The summed E-state index contributed by atoms with van der Waals surface area (Å²) in [6, 6.07) is 11.2. The molecule has 2 aromatic rings. The number of likely N-dealkylation sites (tertiary alicyclic amines) is 1. The van der Waals surface area contributed by atoms with Gasteiger partial charge in [-0.15, -0.1) is 24.0 Å². The molecule has 0 bridgehead atoms. The van der Waals surface area contributed by atoms with Gasteiger partial charge in [-0.25, -0.2) is 4.99 Å². The average molecular weight is 470 g/mol. The first-order valence-corrected chi connectivity index (χ1v) is 9.33. The number of aliphatic imine (C=N–C) groups is 1. The average Bonchev–Trinajstić information content (AvgIpc) is 3.16. The molecule has 1 aliphatic rings. The van der Waals surface area contributed by atoms with Crippen molar-refractivity contribution in [2.75, 3.05) is 19.6 Å². The summed E-state index contributed by atoms with van der Waals surface area (Å²) in [5.74, 6) is 2.37. The Balaban J connectivity index is 0.00000243. The standard InChI is InChI=1S/C20H30N4O.HI/c1-5-21-20(23-18-13-24(14(2)3)12-15(18)4)22-11-17-10-16-8-6-7-9-19(16)25-17;/h6-10,14-15,18H,5,11-13H2,1-4H3,(H2,21,22,23);1H. The molecule has 144 valence electrons. The second kappa shape index (κ2) is 9.60. The molecule has 1 aromatic carbocycles. The molecule has 5 nitrogen and oxygen atoms in total. The Kier molecular flexibility index (Phi) is 7.76. The summed E-state index contributed by atoms with van der Waals surface area (Å²) in [6.07, 6.45) is 0. The van der Waals surface area contributed by atoms with Crippen molar-refractivity contribution in [2.24, 2.45) is 10.9 Å². The van der Waals surface area contributed by atoms with Gasteiger partial charge < -0.3 is 15.1 Å². The summed E-state index contributed by atoms with van der Waals surface area (Å²) in [7, 11) is 0. The first-order valence-electron chi connectivity index (χ1n) is 9.33. The molecule has 0 aliphatic carbocycles. The maximum absolute atomic E-state index is 5.87. The Labute approximate surface area is 173 Å². The highest BCUT2D eigenvalue weighted by Gasteiger charge is 2.31. The van der Waals surface area contributed by atoms with Crippen LogP contribution in [0.3, 0.4) is 0 Å². The number of benzene rings is 1. The zero-order valence-electron chi connectivity index (χ0n) is 16.2. The molecule has 1 fully saturated rings. The van der Waals surface area contributed by atoms with Crippen LogP contribution in [0.4, 0.5) is 0 Å². The maximum atomic E-state index is 5.87. The Morgan fingerprint density at radius 2 is 2.08 bits per heavy atom. The number of hydrogen-bond donors (Lipinski definition) is 2. The highest BCUT2D eigenvalue weighted by Crippen LogP contribution is 2.20. The molecular formula is C20H31IN4O. The van der Waals surface area contributed by atoms with Crippen LogP contribution in [0.1, 0.15) is 33.5 Å². The number of furan rings is 1. The topological polar surface area (TPSA) is 52.8 Å². The van der Waals surface area contributed by atoms with Gasteiger partial charge in [0.15, 0.2) is 5.96 Å². The number of para-hydroxylation sites is 1. The van der Waals surface area contributed by atoms with Crippen LogP contribution in [0.15, 0.2) is 39.7 Å². The van der Waals surface area contributed by atoms with Gasteiger partial charge in [-0.3, -0.25) is 4.90 Å². The van der Waals surface area contributed by atoms with E-state index in [1.165, 1.54) is 0 Å². The Hall–Kier alpha value is -1.28. The van der Waals surface area contributed by atoms with Crippen molar-refractivity contribution < 1.29 is 4.42 Å². The predicted molar refractivity (Wildman–Crippen MR) is 119 cm³/mol. The van der Waals surface area contributed by atoms with Crippen molar-refractivity contribution in [3.8, 4) is 0 Å². The van der Waals surface area contributed by atoms with Gasteiger partial charge in [0.2, 0.25) is 0 Å². The van der Waals surface area contributed by atoms with Crippen molar-refractivity contribution in [1.82, 2.24) is 15.5 Å². The van der Waals surface area contributed by atoms with E-state index < -0.39 is 0 Å². The number of fused-ring (bicyclic) bond motifs is 1. The third-order valence-corrected chi connectivity index (χ3v) is 4.91. The van der Waals surface area contributed by atoms with E-state index in [-0.39, 0.29) is 24.0 Å². The molecule has 0 saturated carbocycles. The summed E-state index contributed by atoms with van der Waals surface area (Å²) in [4.78, 5) is 7.25. The molecular weight excluding hydrogens is 439 g/mol. The number of guanidine groups is 1. The summed E-state index contributed by atoms with van der Waals surface area (Å²) >= 11 is 0. The van der Waals surface area contributed by atoms with E-state index in [4.69, 9.17) is 9.41 Å². The van der Waals surface area contributed by atoms with Crippen molar-refractivity contribution in [2.45, 2.75) is 46.3 Å². The monoisotopic (exact) mass is 470 g/mol. The summed E-state index contributed by atoms with van der Waals surface area (Å²) in [5, 5.41) is 8.10. The van der Waals surface area contributed by atoms with Gasteiger partial charge in [-0.05, 0) is 38.8 Å². The van der Waals surface area contributed by atoms with Crippen molar-refractivity contribution in [3.63, 3.8) is 0 Å². The zero-order valence-corrected chi connectivity index (χ0v) is 18.5. The minimum Gasteiger partial charge on any atom is -0.459 e. The molecule has 0 amide bonds. The van der Waals surface area contributed by atoms with Crippen LogP contribution in [0.2, 0.25) is 0 Å². The fraction of sp³-hybridized carbons (Fsp3) is 0.550. The number of hydrogen-bond acceptors (Lipinski definition) is 3. The fourth-order valence-electron chi connectivity index (χ4n) is 3.38. The van der Waals surface area contributed by atoms with Gasteiger partial charge in [0.25, 0.3) is 0 Å². The zero-order chi connectivity index (χ0) is 17.8. The van der Waals surface area contributed by atoms with E-state index in [0.29, 0.717) is 24.5 Å². The summed E-state index contributed by atoms with van der Waals surface area (Å²) in [5.41, 5.74) is 0.919. The van der Waals surface area contributed by atoms with Crippen LogP contribution in [0, 0.1) is 5.92 Å². The van der Waals surface area contributed by atoms with Crippen LogP contribution in [0.25, 0.3) is 11.0 Å². The van der Waals surface area contributed by atoms with E-state index in [9.17, 15) is 0 Å². The molecule has 3 rings (SSSR count). The van der Waals surface area contributed by atoms with Crippen LogP contribution >= 0.6 is 24.0 Å². The lowest BCUT2D eigenvalue weighted by Gasteiger charge is -2.21. The highest BCUT2D eigenvalue weighted by molar-refractivity contribution is 14.0. The normalized spacial score (nSPS) is 21.2. The molecule has 1 aliphatic heterocycles. The predicted octanol–water partition coefficient (Wildman–Crippen LogP) is 3.83. The Morgan fingerprint density at radius 1 is 1.31 bits per heavy atom. The SMILES string of the molecule is CCNC(=NCc1cc2ccccc2o1)NC1CN(C(C)C)CC1C.I. The van der Waals surface area contributed by atoms with E-state index in [1.54, 1.807) is 0 Å². The molecule has 26 heavy (non-hydrogen) atoms. The quantitative estimate of drug-likeness (QED) is 0.396. The van der Waals surface area contributed by atoms with Gasteiger partial charge in [0.1, 0.15) is 17.9 Å². The molecule has 1 saturated heterocycles. The molecule has 2 N–H and O–H groups in total. The third kappa shape index (κ3) is 5.13. The third-order valence-electron chi connectivity index (χ3n) is 4.91. The lowest BCUT2D eigenvalue weighted by atomic mass is 10.1. The van der Waals surface area contributed by atoms with Gasteiger partial charge in [-0.2, -0.15) is 0 Å². The molecule has 1 aromatic heterocycles. The van der Waals surface area contributed by atoms with Crippen LogP contribution in [0.5, 0.6) is 0 Å². The first kappa shape index (κ1) is 21.0. The van der Waals surface area contributed by atoms with E-state index in [0.717, 1.165) is 42.3 Å². The molecule has 0 radical (unpaired) electrons. The van der Waals surface area contributed by atoms with Gasteiger partial charge in [-0.1, -0.05) is 25.1 Å². The Morgan fingerprint density at radius 3 is 2.73 bits per heavy atom. The van der Waals surface area contributed by atoms with Crippen molar-refractivity contribution in [1.29, 1.82) is 0 Å². The smallest absolute Gasteiger partial charge is 0.191 e. The second-order valence-corrected chi connectivity index (χ2v) is 7.22. The molecule has 2 unspecified atom stereocenters. The van der Waals surface area contributed by atoms with Crippen molar-refractivity contribution in [3.05, 3.63) is 36.1 Å². The molecule has 2 heterocycles. The van der Waals surface area contributed by atoms with Crippen LogP contribution in [-0.4, -0.2) is 42.6 Å². The van der Waals surface area contributed by atoms with Crippen LogP contribution < -0.4 is 10.6 Å². The van der Waals surface area contributed by atoms with Crippen molar-refractivity contribution >= 4 is 40.9 Å². The number of nitrogens with one attached hydrogen (secondary N) is 2. The van der Waals surface area contributed by atoms with Gasteiger partial charge >= 0.3 is 0 Å². The summed E-state index contributed by atoms with van der Waals surface area (Å²) < 4.78 is 5.87. The van der Waals surface area contributed by atoms with E-state index in [1.807, 2.05) is 18.2 Å². The summed E-state index contributed by atoms with van der Waals surface area (Å²) in [6.45, 7) is 12.5. The molecule has 0 spiro atoms. The lowest BCUT2D eigenvalue weighted by molar-refractivity contribution is 0.265. The number of rotatable bonds is 5. The van der Waals surface area contributed by atoms with E-state index in [2.05, 4.69) is 55.4 Å². The number of nitrogens with zero attached hydrogens (tertiary/aromatic N) is 2. The fourth-order valence-corrected chi connectivity index (χ4v) is 3.38. The van der Waals surface area contributed by atoms with Gasteiger partial charge in [0, 0.05) is 37.1 Å². The van der Waals surface area contributed by atoms with E-state index >= 15 is 0 Å². The van der Waals surface area contributed by atoms with Gasteiger partial charge in [0.05, 0.1) is 0 Å². The minimum absolute atomic E-state index is 0. The lowest BCUT2D eigenvalue weighted by Crippen LogP contribution is -2.46. The first-order chi connectivity index (χ1) is 12.1. The molecule has 2 atom stereocenters. The molecule has 6 heteroatoms. The Bertz CT molecular complexity index is 694.